The number of pyridine rings is 1. The van der Waals surface area contributed by atoms with Crippen molar-refractivity contribution in [3.8, 4) is 0 Å². The molecule has 1 aliphatic carbocycles. The second-order valence-corrected chi connectivity index (χ2v) is 14.2. The van der Waals surface area contributed by atoms with Crippen LogP contribution in [0.15, 0.2) is 36.7 Å². The predicted octanol–water partition coefficient (Wildman–Crippen LogP) is 2.90. The molecule has 4 atom stereocenters. The highest BCUT2D eigenvalue weighted by atomic mass is 32.2. The minimum Gasteiger partial charge on any atom is -0.444 e. The Bertz CT molecular complexity index is 1330. The van der Waals surface area contributed by atoms with E-state index in [1.165, 1.54) is 17.3 Å². The van der Waals surface area contributed by atoms with Crippen molar-refractivity contribution in [2.75, 3.05) is 6.54 Å². The maximum absolute atomic E-state index is 13.7. The molecule has 0 radical (unpaired) electrons. The van der Waals surface area contributed by atoms with Gasteiger partial charge in [0, 0.05) is 31.9 Å². The van der Waals surface area contributed by atoms with Gasteiger partial charge in [-0.25, -0.2) is 9.52 Å². The monoisotopic (exact) mass is 617 g/mol. The molecule has 3 amide bonds. The van der Waals surface area contributed by atoms with Gasteiger partial charge in [-0.05, 0) is 82.9 Å². The van der Waals surface area contributed by atoms with Crippen molar-refractivity contribution in [1.82, 2.24) is 24.6 Å². The van der Waals surface area contributed by atoms with Crippen LogP contribution in [-0.2, 0) is 35.9 Å². The summed E-state index contributed by atoms with van der Waals surface area (Å²) in [6.45, 7) is 5.56. The van der Waals surface area contributed by atoms with E-state index in [0.717, 1.165) is 19.3 Å². The Kier molecular flexibility index (Phi) is 10.3. The van der Waals surface area contributed by atoms with Crippen molar-refractivity contribution in [2.24, 2.45) is 11.3 Å². The van der Waals surface area contributed by atoms with Gasteiger partial charge in [0.15, 0.2) is 5.78 Å². The van der Waals surface area contributed by atoms with Gasteiger partial charge in [0.1, 0.15) is 11.6 Å². The number of aromatic nitrogens is 1. The number of hydrogen-bond donors (Lipinski definition) is 3. The second-order valence-electron chi connectivity index (χ2n) is 12.7. The van der Waals surface area contributed by atoms with E-state index in [4.69, 9.17) is 4.74 Å². The van der Waals surface area contributed by atoms with Crippen LogP contribution in [-0.4, -0.2) is 66.2 Å². The molecule has 1 aromatic heterocycles. The lowest BCUT2D eigenvalue weighted by Crippen LogP contribution is -2.53. The maximum atomic E-state index is 13.7. The smallest absolute Gasteiger partial charge is 0.408 e. The van der Waals surface area contributed by atoms with E-state index in [1.807, 2.05) is 12.2 Å². The summed E-state index contributed by atoms with van der Waals surface area (Å²) in [4.78, 5) is 58.9. The number of rotatable bonds is 6. The van der Waals surface area contributed by atoms with Gasteiger partial charge in [-0.3, -0.25) is 19.4 Å². The Hall–Kier alpha value is -3.32. The molecule has 12 nitrogen and oxygen atoms in total. The molecule has 2 fully saturated rings. The molecule has 236 valence electrons. The molecule has 0 bridgehead atoms. The van der Waals surface area contributed by atoms with Crippen molar-refractivity contribution < 1.29 is 32.3 Å². The lowest BCUT2D eigenvalue weighted by Gasteiger charge is -2.30. The summed E-state index contributed by atoms with van der Waals surface area (Å²) in [5.41, 5.74) is -1.28. The van der Waals surface area contributed by atoms with Crippen LogP contribution in [0.3, 0.4) is 0 Å². The van der Waals surface area contributed by atoms with E-state index in [9.17, 15) is 27.6 Å². The summed E-state index contributed by atoms with van der Waals surface area (Å²) in [6.07, 6.45) is 11.0. The number of Topliss-reactive ketones (excluding diaryl/α,β-unsaturated/α-hetero) is 1. The van der Waals surface area contributed by atoms with Crippen molar-refractivity contribution in [3.63, 3.8) is 0 Å². The lowest BCUT2D eigenvalue weighted by atomic mass is 9.91. The number of hydrogen-bond acceptors (Lipinski definition) is 8. The zero-order chi connectivity index (χ0) is 31.3. The van der Waals surface area contributed by atoms with Gasteiger partial charge in [-0.15, -0.1) is 0 Å². The fraction of sp³-hybridized carbons (Fsp3) is 0.633. The molecule has 1 saturated carbocycles. The Labute approximate surface area is 253 Å². The third-order valence-electron chi connectivity index (χ3n) is 8.15. The van der Waals surface area contributed by atoms with Gasteiger partial charge in [-0.2, -0.15) is 13.1 Å². The number of carbonyl (C=O) groups excluding carboxylic acids is 4. The molecule has 3 N–H and O–H groups in total. The van der Waals surface area contributed by atoms with Gasteiger partial charge >= 0.3 is 16.3 Å². The van der Waals surface area contributed by atoms with E-state index >= 15 is 0 Å². The summed E-state index contributed by atoms with van der Waals surface area (Å²) >= 11 is 0. The summed E-state index contributed by atoms with van der Waals surface area (Å²) in [5, 5.41) is 2.72. The molecule has 1 aromatic rings. The lowest BCUT2D eigenvalue weighted by molar-refractivity contribution is -0.140. The molecule has 0 spiro atoms. The van der Waals surface area contributed by atoms with Crippen LogP contribution in [0.25, 0.3) is 0 Å². The fourth-order valence-corrected chi connectivity index (χ4v) is 6.69. The number of amides is 3. The third-order valence-corrected chi connectivity index (χ3v) is 9.13. The normalized spacial score (nSPS) is 27.6. The minimum absolute atomic E-state index is 0.0297. The Morgan fingerprint density at radius 1 is 1.09 bits per heavy atom. The zero-order valence-electron chi connectivity index (χ0n) is 25.1. The molecule has 3 aliphatic rings. The Morgan fingerprint density at radius 2 is 1.84 bits per heavy atom. The average Bonchev–Trinajstić information content (AvgIpc) is 3.39. The van der Waals surface area contributed by atoms with Crippen LogP contribution in [0, 0.1) is 11.3 Å². The first-order valence-electron chi connectivity index (χ1n) is 15.0. The average molecular weight is 618 g/mol. The van der Waals surface area contributed by atoms with Crippen LogP contribution in [0.2, 0.25) is 0 Å². The number of carbonyl (C=O) groups is 4. The quantitative estimate of drug-likeness (QED) is 0.410. The first-order valence-corrected chi connectivity index (χ1v) is 16.5. The number of ether oxygens (including phenoxy) is 1. The molecule has 43 heavy (non-hydrogen) atoms. The maximum Gasteiger partial charge on any atom is 0.408 e. The summed E-state index contributed by atoms with van der Waals surface area (Å²) in [7, 11) is -4.20. The molecule has 0 aromatic carbocycles. The number of allylic oxidation sites excluding steroid dienone is 2. The number of fused-ring (bicyclic) bond motifs is 2. The summed E-state index contributed by atoms with van der Waals surface area (Å²) in [6, 6.07) is 1.72. The van der Waals surface area contributed by atoms with Crippen LogP contribution >= 0.6 is 0 Å². The van der Waals surface area contributed by atoms with E-state index in [2.05, 4.69) is 19.7 Å². The minimum atomic E-state index is -4.20. The van der Waals surface area contributed by atoms with Gasteiger partial charge in [0.2, 0.25) is 11.8 Å². The van der Waals surface area contributed by atoms with Gasteiger partial charge in [0.05, 0.1) is 11.5 Å². The summed E-state index contributed by atoms with van der Waals surface area (Å²) in [5.74, 6) is -1.65. The number of alkyl carbamates (subject to hydrolysis) is 1. The molecule has 2 aliphatic heterocycles. The van der Waals surface area contributed by atoms with Crippen LogP contribution in [0.4, 0.5) is 4.79 Å². The number of ketones is 1. The van der Waals surface area contributed by atoms with Crippen molar-refractivity contribution in [3.05, 3.63) is 42.2 Å². The van der Waals surface area contributed by atoms with Gasteiger partial charge in [-0.1, -0.05) is 25.0 Å². The first-order chi connectivity index (χ1) is 20.3. The predicted molar refractivity (Wildman–Crippen MR) is 158 cm³/mol. The Morgan fingerprint density at radius 3 is 2.56 bits per heavy atom. The summed E-state index contributed by atoms with van der Waals surface area (Å²) < 4.78 is 35.5. The zero-order valence-corrected chi connectivity index (χ0v) is 26.0. The topological polar surface area (TPSA) is 164 Å². The number of nitrogens with zero attached hydrogens (tertiary/aromatic N) is 2. The van der Waals surface area contributed by atoms with Gasteiger partial charge in [0.25, 0.3) is 0 Å². The fourth-order valence-electron chi connectivity index (χ4n) is 5.82. The highest BCUT2D eigenvalue weighted by molar-refractivity contribution is 7.88. The van der Waals surface area contributed by atoms with E-state index in [-0.39, 0.29) is 30.6 Å². The largest absolute Gasteiger partial charge is 0.444 e. The standard InChI is InChI=1S/C30H43N5O7S/c1-29(2,3)42-28(39)33-23-11-8-6-4-5-7-10-22-18-30(22,19-25(36)24-12-9-17-35(24)26(23)37)27(38)34-43(40,41)32-20-21-13-15-31-16-14-21/h7,10,13-16,22-24,32H,4-6,8-9,11-12,17-20H2,1-3H3,(H,33,39)(H,34,38)/b10-7-/t22-,23+,24+,30-/m1/s1. The first kappa shape index (κ1) is 32.6. The third kappa shape index (κ3) is 8.85. The molecular weight excluding hydrogens is 574 g/mol. The highest BCUT2D eigenvalue weighted by Crippen LogP contribution is 2.57. The van der Waals surface area contributed by atoms with E-state index < -0.39 is 45.3 Å². The molecular formula is C30H43N5O7S. The van der Waals surface area contributed by atoms with Crippen molar-refractivity contribution in [2.45, 2.75) is 103 Å². The van der Waals surface area contributed by atoms with Crippen molar-refractivity contribution >= 4 is 33.9 Å². The molecule has 0 unspecified atom stereocenters. The molecule has 13 heteroatoms. The van der Waals surface area contributed by atoms with Gasteiger partial charge < -0.3 is 15.0 Å². The SMILES string of the molecule is CC(C)(C)OC(=O)N[C@H]1CCCCC/C=C\[C@@H]2C[C@@]2(C(=O)NS(=O)(=O)NCc2ccncc2)CC(=O)[C@@H]2CCCN2C1=O. The molecule has 1 saturated heterocycles. The van der Waals surface area contributed by atoms with E-state index in [1.54, 1.807) is 32.9 Å². The van der Waals surface area contributed by atoms with Crippen LogP contribution in [0.1, 0.15) is 84.1 Å². The van der Waals surface area contributed by atoms with Crippen LogP contribution in [0.5, 0.6) is 0 Å². The van der Waals surface area contributed by atoms with Crippen LogP contribution < -0.4 is 14.8 Å². The highest BCUT2D eigenvalue weighted by Gasteiger charge is 2.61. The molecule has 3 heterocycles. The van der Waals surface area contributed by atoms with Crippen molar-refractivity contribution in [1.29, 1.82) is 0 Å². The van der Waals surface area contributed by atoms with E-state index in [0.29, 0.717) is 44.2 Å². The Balaban J connectivity index is 1.50. The second kappa shape index (κ2) is 13.5. The number of nitrogens with one attached hydrogen (secondary N) is 3. The molecule has 4 rings (SSSR count).